The predicted molar refractivity (Wildman–Crippen MR) is 68.9 cm³/mol. The van der Waals surface area contributed by atoms with Crippen LogP contribution in [-0.4, -0.2) is 65.8 Å². The quantitative estimate of drug-likeness (QED) is 0.813. The van der Waals surface area contributed by atoms with Crippen LogP contribution < -0.4 is 0 Å². The second kappa shape index (κ2) is 5.77. The Morgan fingerprint density at radius 1 is 1.37 bits per heavy atom. The van der Waals surface area contributed by atoms with E-state index in [-0.39, 0.29) is 18.2 Å². The van der Waals surface area contributed by atoms with Crippen LogP contribution in [0.5, 0.6) is 0 Å². The first-order chi connectivity index (χ1) is 9.00. The Morgan fingerprint density at radius 3 is 2.68 bits per heavy atom. The summed E-state index contributed by atoms with van der Waals surface area (Å²) in [5, 5.41) is 9.06. The summed E-state index contributed by atoms with van der Waals surface area (Å²) < 4.78 is 5.48. The summed E-state index contributed by atoms with van der Waals surface area (Å²) in [6.07, 6.45) is 2.31. The number of ether oxygens (including phenoxy) is 1. The fraction of sp³-hybridized carbons (Fsp3) is 0.846. The summed E-state index contributed by atoms with van der Waals surface area (Å²) in [7, 11) is 1.78. The summed E-state index contributed by atoms with van der Waals surface area (Å²) in [5.74, 6) is -1.24. The van der Waals surface area contributed by atoms with Crippen LogP contribution in [0.4, 0.5) is 4.79 Å². The maximum Gasteiger partial charge on any atom is 0.320 e. The minimum atomic E-state index is -0.808. The molecule has 0 aromatic rings. The third-order valence-corrected chi connectivity index (χ3v) is 4.18. The second-order valence-corrected chi connectivity index (χ2v) is 5.45. The van der Waals surface area contributed by atoms with Gasteiger partial charge in [-0.2, -0.15) is 0 Å². The lowest BCUT2D eigenvalue weighted by Gasteiger charge is -2.36. The first kappa shape index (κ1) is 14.1. The first-order valence-electron chi connectivity index (χ1n) is 6.87. The van der Waals surface area contributed by atoms with Gasteiger partial charge in [0.05, 0.1) is 18.1 Å². The van der Waals surface area contributed by atoms with E-state index in [9.17, 15) is 9.59 Å². The van der Waals surface area contributed by atoms with Crippen LogP contribution in [-0.2, 0) is 9.53 Å². The monoisotopic (exact) mass is 270 g/mol. The molecule has 3 atom stereocenters. The molecule has 3 unspecified atom stereocenters. The summed E-state index contributed by atoms with van der Waals surface area (Å²) in [5.41, 5.74) is 0. The number of carboxylic acid groups (broad SMARTS) is 1. The van der Waals surface area contributed by atoms with Crippen LogP contribution in [0.15, 0.2) is 0 Å². The van der Waals surface area contributed by atoms with Crippen LogP contribution in [0, 0.1) is 5.92 Å². The Bertz CT molecular complexity index is 361. The highest BCUT2D eigenvalue weighted by atomic mass is 16.5. The number of rotatable bonds is 2. The van der Waals surface area contributed by atoms with Gasteiger partial charge in [-0.15, -0.1) is 0 Å². The molecule has 2 saturated heterocycles. The summed E-state index contributed by atoms with van der Waals surface area (Å²) >= 11 is 0. The number of carbonyl (C=O) groups excluding carboxylic acids is 1. The topological polar surface area (TPSA) is 70.1 Å². The minimum Gasteiger partial charge on any atom is -0.481 e. The number of urea groups is 1. The number of nitrogens with zero attached hydrogens (tertiary/aromatic N) is 2. The van der Waals surface area contributed by atoms with Gasteiger partial charge in [0, 0.05) is 26.7 Å². The van der Waals surface area contributed by atoms with E-state index in [2.05, 4.69) is 0 Å². The van der Waals surface area contributed by atoms with Gasteiger partial charge in [-0.3, -0.25) is 4.79 Å². The molecule has 0 aromatic heterocycles. The van der Waals surface area contributed by atoms with Gasteiger partial charge < -0.3 is 19.6 Å². The van der Waals surface area contributed by atoms with Gasteiger partial charge in [0.2, 0.25) is 0 Å². The Balaban J connectivity index is 1.96. The normalized spacial score (nSPS) is 31.3. The zero-order chi connectivity index (χ0) is 14.0. The number of likely N-dealkylation sites (N-methyl/N-ethyl adjacent to an activating group) is 1. The lowest BCUT2D eigenvalue weighted by atomic mass is 9.98. The number of aliphatic carboxylic acids is 1. The van der Waals surface area contributed by atoms with Crippen LogP contribution in [0.2, 0.25) is 0 Å². The number of carbonyl (C=O) groups is 2. The van der Waals surface area contributed by atoms with Crippen LogP contribution >= 0.6 is 0 Å². The maximum absolute atomic E-state index is 12.4. The average Bonchev–Trinajstić information content (AvgIpc) is 2.83. The second-order valence-electron chi connectivity index (χ2n) is 5.45. The van der Waals surface area contributed by atoms with Crippen molar-refractivity contribution in [3.63, 3.8) is 0 Å². The number of hydrogen-bond donors (Lipinski definition) is 1. The molecule has 6 heteroatoms. The van der Waals surface area contributed by atoms with Gasteiger partial charge in [-0.05, 0) is 26.2 Å². The van der Waals surface area contributed by atoms with Crippen molar-refractivity contribution >= 4 is 12.0 Å². The Morgan fingerprint density at radius 2 is 2.11 bits per heavy atom. The van der Waals surface area contributed by atoms with Gasteiger partial charge in [-0.1, -0.05) is 0 Å². The molecule has 2 aliphatic rings. The van der Waals surface area contributed by atoms with E-state index in [4.69, 9.17) is 9.84 Å². The molecule has 2 fully saturated rings. The molecule has 0 saturated carbocycles. The van der Waals surface area contributed by atoms with Crippen molar-refractivity contribution in [2.75, 3.05) is 26.7 Å². The fourth-order valence-electron chi connectivity index (χ4n) is 2.95. The fourth-order valence-corrected chi connectivity index (χ4v) is 2.95. The van der Waals surface area contributed by atoms with Gasteiger partial charge in [-0.25, -0.2) is 4.79 Å². The maximum atomic E-state index is 12.4. The predicted octanol–water partition coefficient (Wildman–Crippen LogP) is 1.01. The first-order valence-corrected chi connectivity index (χ1v) is 6.87. The average molecular weight is 270 g/mol. The standard InChI is InChI=1S/C13H22N2O4/c1-9-11(5-7-19-9)14(2)13(18)15-6-3-4-10(8-15)12(16)17/h9-11H,3-8H2,1-2H3,(H,16,17). The van der Waals surface area contributed by atoms with E-state index in [0.29, 0.717) is 26.1 Å². The highest BCUT2D eigenvalue weighted by molar-refractivity contribution is 5.76. The summed E-state index contributed by atoms with van der Waals surface area (Å²) in [6, 6.07) is 0.0194. The third kappa shape index (κ3) is 3.00. The Hall–Kier alpha value is -1.30. The molecule has 2 heterocycles. The molecule has 0 bridgehead atoms. The molecule has 6 nitrogen and oxygen atoms in total. The van der Waals surface area contributed by atoms with Gasteiger partial charge in [0.15, 0.2) is 0 Å². The smallest absolute Gasteiger partial charge is 0.320 e. The van der Waals surface area contributed by atoms with Crippen LogP contribution in [0.3, 0.4) is 0 Å². The zero-order valence-electron chi connectivity index (χ0n) is 11.5. The van der Waals surface area contributed by atoms with E-state index in [1.807, 2.05) is 6.92 Å². The molecule has 0 aromatic carbocycles. The summed E-state index contributed by atoms with van der Waals surface area (Å²) in [6.45, 7) is 3.62. The van der Waals surface area contributed by atoms with Crippen molar-refractivity contribution in [1.82, 2.24) is 9.80 Å². The van der Waals surface area contributed by atoms with Crippen molar-refractivity contribution in [2.24, 2.45) is 5.92 Å². The van der Waals surface area contributed by atoms with E-state index in [1.165, 1.54) is 0 Å². The van der Waals surface area contributed by atoms with Crippen LogP contribution in [0.1, 0.15) is 26.2 Å². The van der Waals surface area contributed by atoms with E-state index in [1.54, 1.807) is 16.8 Å². The molecule has 108 valence electrons. The molecule has 2 rings (SSSR count). The molecular weight excluding hydrogens is 248 g/mol. The molecule has 2 amide bonds. The molecule has 19 heavy (non-hydrogen) atoms. The van der Waals surface area contributed by atoms with Gasteiger partial charge in [0.25, 0.3) is 0 Å². The van der Waals surface area contributed by atoms with Gasteiger partial charge >= 0.3 is 12.0 Å². The SMILES string of the molecule is CC1OCCC1N(C)C(=O)N1CCCC(C(=O)O)C1. The molecule has 0 spiro atoms. The highest BCUT2D eigenvalue weighted by Gasteiger charge is 2.35. The van der Waals surface area contributed by atoms with E-state index in [0.717, 1.165) is 12.8 Å². The minimum absolute atomic E-state index is 0.0500. The lowest BCUT2D eigenvalue weighted by molar-refractivity contribution is -0.143. The van der Waals surface area contributed by atoms with Crippen LogP contribution in [0.25, 0.3) is 0 Å². The Labute approximate surface area is 113 Å². The molecule has 0 aliphatic carbocycles. The molecule has 1 N–H and O–H groups in total. The number of likely N-dealkylation sites (tertiary alicyclic amines) is 1. The van der Waals surface area contributed by atoms with Crippen molar-refractivity contribution < 1.29 is 19.4 Å². The molecule has 2 aliphatic heterocycles. The zero-order valence-corrected chi connectivity index (χ0v) is 11.5. The van der Waals surface area contributed by atoms with Crippen molar-refractivity contribution in [1.29, 1.82) is 0 Å². The number of amides is 2. The molecule has 0 radical (unpaired) electrons. The largest absolute Gasteiger partial charge is 0.481 e. The third-order valence-electron chi connectivity index (χ3n) is 4.18. The highest BCUT2D eigenvalue weighted by Crippen LogP contribution is 2.22. The van der Waals surface area contributed by atoms with E-state index >= 15 is 0 Å². The van der Waals surface area contributed by atoms with Crippen molar-refractivity contribution in [3.05, 3.63) is 0 Å². The number of hydrogen-bond acceptors (Lipinski definition) is 3. The van der Waals surface area contributed by atoms with Crippen molar-refractivity contribution in [3.8, 4) is 0 Å². The van der Waals surface area contributed by atoms with Crippen molar-refractivity contribution in [2.45, 2.75) is 38.3 Å². The van der Waals surface area contributed by atoms with E-state index < -0.39 is 11.9 Å². The van der Waals surface area contributed by atoms with Gasteiger partial charge in [0.1, 0.15) is 0 Å². The number of carboxylic acids is 1. The summed E-state index contributed by atoms with van der Waals surface area (Å²) in [4.78, 5) is 26.8. The Kier molecular flexibility index (Phi) is 4.29. The number of piperidine rings is 1. The lowest BCUT2D eigenvalue weighted by Crippen LogP contribution is -2.51. The molecular formula is C13H22N2O4.